The molecule has 0 amide bonds. The fraction of sp³-hybridized carbons (Fsp3) is 0.600. The van der Waals surface area contributed by atoms with E-state index in [0.717, 1.165) is 23.8 Å². The minimum absolute atomic E-state index is 0.803. The van der Waals surface area contributed by atoms with Crippen molar-refractivity contribution < 1.29 is 4.74 Å². The molecule has 17 heavy (non-hydrogen) atoms. The molecule has 2 heteroatoms. The van der Waals surface area contributed by atoms with Crippen LogP contribution in [0.3, 0.4) is 0 Å². The van der Waals surface area contributed by atoms with Crippen molar-refractivity contribution in [1.82, 2.24) is 5.32 Å². The van der Waals surface area contributed by atoms with Gasteiger partial charge in [-0.1, -0.05) is 12.1 Å². The largest absolute Gasteiger partial charge is 0.497 e. The van der Waals surface area contributed by atoms with E-state index >= 15 is 0 Å². The Bertz CT molecular complexity index is 361. The summed E-state index contributed by atoms with van der Waals surface area (Å²) in [4.78, 5) is 0. The first-order valence-electron chi connectivity index (χ1n) is 6.72. The number of piperidine rings is 1. The van der Waals surface area contributed by atoms with Crippen molar-refractivity contribution in [2.24, 2.45) is 5.92 Å². The van der Waals surface area contributed by atoms with E-state index in [9.17, 15) is 0 Å². The van der Waals surface area contributed by atoms with Crippen LogP contribution in [0.15, 0.2) is 24.3 Å². The second-order valence-corrected chi connectivity index (χ2v) is 5.53. The monoisotopic (exact) mass is 231 g/mol. The normalized spacial score (nSPS) is 31.5. The molecule has 2 bridgehead atoms. The standard InChI is InChI=1S/C15H21NO/c1-17-15-6-2-11(3-7-15)8-12-9-13-4-5-14(10-12)16-13/h2-3,6-7,12-14,16H,4-5,8-10H2,1H3. The number of rotatable bonds is 3. The molecule has 0 radical (unpaired) electrons. The number of nitrogens with one attached hydrogen (secondary N) is 1. The van der Waals surface area contributed by atoms with Gasteiger partial charge >= 0.3 is 0 Å². The average molecular weight is 231 g/mol. The number of fused-ring (bicyclic) bond motifs is 2. The smallest absolute Gasteiger partial charge is 0.118 e. The highest BCUT2D eigenvalue weighted by Gasteiger charge is 2.33. The van der Waals surface area contributed by atoms with E-state index in [4.69, 9.17) is 4.74 Å². The summed E-state index contributed by atoms with van der Waals surface area (Å²) in [5, 5.41) is 3.70. The van der Waals surface area contributed by atoms with Crippen molar-refractivity contribution in [1.29, 1.82) is 0 Å². The first-order chi connectivity index (χ1) is 8.33. The molecule has 92 valence electrons. The Morgan fingerprint density at radius 2 is 1.76 bits per heavy atom. The molecular weight excluding hydrogens is 210 g/mol. The van der Waals surface area contributed by atoms with Crippen LogP contribution in [0, 0.1) is 5.92 Å². The van der Waals surface area contributed by atoms with Crippen molar-refractivity contribution in [3.8, 4) is 5.75 Å². The van der Waals surface area contributed by atoms with Gasteiger partial charge in [-0.2, -0.15) is 0 Å². The quantitative estimate of drug-likeness (QED) is 0.863. The molecule has 0 spiro atoms. The second kappa shape index (κ2) is 4.69. The van der Waals surface area contributed by atoms with Crippen molar-refractivity contribution >= 4 is 0 Å². The van der Waals surface area contributed by atoms with Crippen molar-refractivity contribution in [3.05, 3.63) is 29.8 Å². The lowest BCUT2D eigenvalue weighted by Crippen LogP contribution is -2.38. The number of ether oxygens (including phenoxy) is 1. The van der Waals surface area contributed by atoms with E-state index in [1.165, 1.54) is 37.7 Å². The molecule has 0 aromatic heterocycles. The van der Waals surface area contributed by atoms with E-state index in [0.29, 0.717) is 0 Å². The summed E-state index contributed by atoms with van der Waals surface area (Å²) >= 11 is 0. The van der Waals surface area contributed by atoms with Crippen LogP contribution in [0.25, 0.3) is 0 Å². The molecule has 1 N–H and O–H groups in total. The van der Waals surface area contributed by atoms with Crippen LogP contribution in [0.1, 0.15) is 31.2 Å². The zero-order chi connectivity index (χ0) is 11.7. The van der Waals surface area contributed by atoms with E-state index in [1.807, 2.05) is 0 Å². The molecule has 2 aliphatic heterocycles. The Labute approximate surface area is 103 Å². The van der Waals surface area contributed by atoms with Gasteiger partial charge in [-0.3, -0.25) is 0 Å². The maximum Gasteiger partial charge on any atom is 0.118 e. The third kappa shape index (κ3) is 2.47. The predicted molar refractivity (Wildman–Crippen MR) is 69.4 cm³/mol. The molecule has 0 aliphatic carbocycles. The van der Waals surface area contributed by atoms with Gasteiger partial charge in [0, 0.05) is 12.1 Å². The molecule has 1 aromatic carbocycles. The third-order valence-corrected chi connectivity index (χ3v) is 4.25. The van der Waals surface area contributed by atoms with Gasteiger partial charge in [0.1, 0.15) is 5.75 Å². The van der Waals surface area contributed by atoms with Gasteiger partial charge in [-0.05, 0) is 55.7 Å². The topological polar surface area (TPSA) is 21.3 Å². The van der Waals surface area contributed by atoms with E-state index in [2.05, 4.69) is 29.6 Å². The highest BCUT2D eigenvalue weighted by Crippen LogP contribution is 2.32. The third-order valence-electron chi connectivity index (χ3n) is 4.25. The minimum atomic E-state index is 0.803. The fourth-order valence-electron chi connectivity index (χ4n) is 3.44. The lowest BCUT2D eigenvalue weighted by molar-refractivity contribution is 0.298. The molecule has 1 aromatic rings. The second-order valence-electron chi connectivity index (χ2n) is 5.53. The van der Waals surface area contributed by atoms with Crippen LogP contribution in [0.2, 0.25) is 0 Å². The lowest BCUT2D eigenvalue weighted by atomic mass is 9.87. The van der Waals surface area contributed by atoms with Gasteiger partial charge in [0.05, 0.1) is 7.11 Å². The highest BCUT2D eigenvalue weighted by atomic mass is 16.5. The van der Waals surface area contributed by atoms with Crippen LogP contribution >= 0.6 is 0 Å². The molecule has 2 atom stereocenters. The summed E-state index contributed by atoms with van der Waals surface area (Å²) in [7, 11) is 1.72. The molecule has 2 saturated heterocycles. The van der Waals surface area contributed by atoms with Crippen LogP contribution < -0.4 is 10.1 Å². The molecule has 2 aliphatic rings. The Morgan fingerprint density at radius 1 is 1.12 bits per heavy atom. The van der Waals surface area contributed by atoms with E-state index in [-0.39, 0.29) is 0 Å². The molecule has 2 fully saturated rings. The maximum atomic E-state index is 5.19. The Hall–Kier alpha value is -1.02. The molecule has 2 heterocycles. The van der Waals surface area contributed by atoms with Crippen molar-refractivity contribution in [2.75, 3.05) is 7.11 Å². The number of methoxy groups -OCH3 is 1. The SMILES string of the molecule is COc1ccc(CC2CC3CCC(C2)N3)cc1. The molecule has 3 rings (SSSR count). The van der Waals surface area contributed by atoms with E-state index < -0.39 is 0 Å². The van der Waals surface area contributed by atoms with Gasteiger partial charge < -0.3 is 10.1 Å². The summed E-state index contributed by atoms with van der Waals surface area (Å²) in [6.45, 7) is 0. The first-order valence-corrected chi connectivity index (χ1v) is 6.72. The van der Waals surface area contributed by atoms with Crippen molar-refractivity contribution in [3.63, 3.8) is 0 Å². The average Bonchev–Trinajstić information content (AvgIpc) is 2.70. The van der Waals surface area contributed by atoms with Crippen LogP contribution in [-0.2, 0) is 6.42 Å². The zero-order valence-electron chi connectivity index (χ0n) is 10.5. The Morgan fingerprint density at radius 3 is 2.35 bits per heavy atom. The van der Waals surface area contributed by atoms with Gasteiger partial charge in [0.25, 0.3) is 0 Å². The van der Waals surface area contributed by atoms with E-state index in [1.54, 1.807) is 7.11 Å². The summed E-state index contributed by atoms with van der Waals surface area (Å²) < 4.78 is 5.19. The molecular formula is C15H21NO. The van der Waals surface area contributed by atoms with Gasteiger partial charge in [-0.25, -0.2) is 0 Å². The summed E-state index contributed by atoms with van der Waals surface area (Å²) in [6.07, 6.45) is 6.75. The number of benzene rings is 1. The Kier molecular flexibility index (Phi) is 3.06. The van der Waals surface area contributed by atoms with Gasteiger partial charge in [0.2, 0.25) is 0 Å². The summed E-state index contributed by atoms with van der Waals surface area (Å²) in [5.74, 6) is 1.83. The zero-order valence-corrected chi connectivity index (χ0v) is 10.5. The number of hydrogen-bond acceptors (Lipinski definition) is 2. The molecule has 2 nitrogen and oxygen atoms in total. The van der Waals surface area contributed by atoms with Crippen LogP contribution in [-0.4, -0.2) is 19.2 Å². The van der Waals surface area contributed by atoms with Gasteiger partial charge in [-0.15, -0.1) is 0 Å². The molecule has 0 saturated carbocycles. The summed E-state index contributed by atoms with van der Waals surface area (Å²) in [5.41, 5.74) is 1.46. The predicted octanol–water partition coefficient (Wildman–Crippen LogP) is 2.77. The van der Waals surface area contributed by atoms with Crippen molar-refractivity contribution in [2.45, 2.75) is 44.2 Å². The Balaban J connectivity index is 1.62. The minimum Gasteiger partial charge on any atom is -0.497 e. The van der Waals surface area contributed by atoms with Gasteiger partial charge in [0.15, 0.2) is 0 Å². The van der Waals surface area contributed by atoms with Crippen LogP contribution in [0.5, 0.6) is 5.75 Å². The van der Waals surface area contributed by atoms with Crippen LogP contribution in [0.4, 0.5) is 0 Å². The fourth-order valence-corrected chi connectivity index (χ4v) is 3.44. The lowest BCUT2D eigenvalue weighted by Gasteiger charge is -2.29. The summed E-state index contributed by atoms with van der Waals surface area (Å²) in [6, 6.07) is 10.2. The molecule has 2 unspecified atom stereocenters. The maximum absolute atomic E-state index is 5.19. The first kappa shape index (κ1) is 11.1. The highest BCUT2D eigenvalue weighted by molar-refractivity contribution is 5.27. The number of hydrogen-bond donors (Lipinski definition) is 1.